The molecule has 3 rings (SSSR count). The molecule has 21 heavy (non-hydrogen) atoms. The van der Waals surface area contributed by atoms with Gasteiger partial charge in [0.05, 0.1) is 6.04 Å². The normalized spacial score (nSPS) is 22.3. The van der Waals surface area contributed by atoms with Crippen LogP contribution in [0.5, 0.6) is 0 Å². The summed E-state index contributed by atoms with van der Waals surface area (Å²) in [5.41, 5.74) is 2.70. The molecule has 0 amide bonds. The molecule has 3 heteroatoms. The maximum Gasteiger partial charge on any atom is 0.0667 e. The Bertz CT molecular complexity index is 585. The minimum atomic E-state index is 0.402. The van der Waals surface area contributed by atoms with Gasteiger partial charge in [0.15, 0.2) is 0 Å². The van der Waals surface area contributed by atoms with Crippen molar-refractivity contribution in [3.05, 3.63) is 60.2 Å². The van der Waals surface area contributed by atoms with Crippen molar-refractivity contribution in [3.63, 3.8) is 0 Å². The van der Waals surface area contributed by atoms with Crippen molar-refractivity contribution in [2.75, 3.05) is 24.2 Å². The molecule has 2 atom stereocenters. The molecular weight excluding hydrogens is 276 g/mol. The summed E-state index contributed by atoms with van der Waals surface area (Å²) in [6, 6.07) is 20.6. The van der Waals surface area contributed by atoms with E-state index in [-0.39, 0.29) is 0 Å². The lowest BCUT2D eigenvalue weighted by Gasteiger charge is -2.41. The predicted molar refractivity (Wildman–Crippen MR) is 92.2 cm³/mol. The standard InChI is InChI=1S/C18H22N2S/c1-14-13-20(16-9-6-10-17(11-16)21-2)18(12-19-14)15-7-4-3-5-8-15/h3-11,14,18-19H,12-13H2,1-2H3. The number of hydrogen-bond acceptors (Lipinski definition) is 3. The minimum Gasteiger partial charge on any atom is -0.362 e. The Morgan fingerprint density at radius 2 is 1.90 bits per heavy atom. The van der Waals surface area contributed by atoms with Crippen molar-refractivity contribution < 1.29 is 0 Å². The molecule has 0 aromatic heterocycles. The first kappa shape index (κ1) is 14.5. The lowest BCUT2D eigenvalue weighted by atomic mass is 10.0. The Labute approximate surface area is 131 Å². The van der Waals surface area contributed by atoms with Crippen LogP contribution < -0.4 is 10.2 Å². The SMILES string of the molecule is CSc1cccc(N2CC(C)NCC2c2ccccc2)c1. The van der Waals surface area contributed by atoms with E-state index in [1.54, 1.807) is 11.8 Å². The fourth-order valence-corrected chi connectivity index (χ4v) is 3.41. The molecule has 2 aromatic rings. The van der Waals surface area contributed by atoms with Crippen LogP contribution in [0.4, 0.5) is 5.69 Å². The van der Waals surface area contributed by atoms with Gasteiger partial charge in [-0.1, -0.05) is 36.4 Å². The van der Waals surface area contributed by atoms with Crippen molar-refractivity contribution in [3.8, 4) is 0 Å². The molecule has 0 saturated carbocycles. The number of anilines is 1. The lowest BCUT2D eigenvalue weighted by molar-refractivity contribution is 0.416. The van der Waals surface area contributed by atoms with Crippen LogP contribution in [0.3, 0.4) is 0 Å². The van der Waals surface area contributed by atoms with Crippen molar-refractivity contribution in [1.82, 2.24) is 5.32 Å². The molecule has 0 bridgehead atoms. The summed E-state index contributed by atoms with van der Waals surface area (Å²) in [7, 11) is 0. The highest BCUT2D eigenvalue weighted by molar-refractivity contribution is 7.98. The summed E-state index contributed by atoms with van der Waals surface area (Å²) in [6.45, 7) is 4.29. The van der Waals surface area contributed by atoms with Gasteiger partial charge in [0.1, 0.15) is 0 Å². The van der Waals surface area contributed by atoms with Gasteiger partial charge in [0, 0.05) is 29.7 Å². The molecule has 2 nitrogen and oxygen atoms in total. The van der Waals surface area contributed by atoms with E-state index in [9.17, 15) is 0 Å². The number of benzene rings is 2. The second-order valence-corrected chi connectivity index (χ2v) is 6.47. The van der Waals surface area contributed by atoms with Gasteiger partial charge in [-0.15, -0.1) is 11.8 Å². The number of thioether (sulfide) groups is 1. The van der Waals surface area contributed by atoms with Gasteiger partial charge in [-0.25, -0.2) is 0 Å². The summed E-state index contributed by atoms with van der Waals surface area (Å²) in [5, 5.41) is 3.61. The Morgan fingerprint density at radius 1 is 1.10 bits per heavy atom. The first-order valence-corrected chi connectivity index (χ1v) is 8.69. The topological polar surface area (TPSA) is 15.3 Å². The molecule has 1 N–H and O–H groups in total. The lowest BCUT2D eigenvalue weighted by Crippen LogP contribution is -2.51. The summed E-state index contributed by atoms with van der Waals surface area (Å²) in [4.78, 5) is 3.86. The minimum absolute atomic E-state index is 0.402. The van der Waals surface area contributed by atoms with E-state index < -0.39 is 0 Å². The van der Waals surface area contributed by atoms with Crippen molar-refractivity contribution in [2.45, 2.75) is 23.9 Å². The van der Waals surface area contributed by atoms with Gasteiger partial charge in [0.2, 0.25) is 0 Å². The molecule has 1 heterocycles. The molecule has 1 aliphatic rings. The highest BCUT2D eigenvalue weighted by atomic mass is 32.2. The third-order valence-corrected chi connectivity index (χ3v) is 4.80. The van der Waals surface area contributed by atoms with E-state index in [4.69, 9.17) is 0 Å². The monoisotopic (exact) mass is 298 g/mol. The molecule has 1 saturated heterocycles. The van der Waals surface area contributed by atoms with Gasteiger partial charge in [0.25, 0.3) is 0 Å². The van der Waals surface area contributed by atoms with E-state index in [0.29, 0.717) is 12.1 Å². The molecule has 1 aliphatic heterocycles. The average Bonchev–Trinajstić information content (AvgIpc) is 2.55. The Kier molecular flexibility index (Phi) is 4.51. The zero-order valence-electron chi connectivity index (χ0n) is 12.6. The van der Waals surface area contributed by atoms with Gasteiger partial charge < -0.3 is 10.2 Å². The first-order valence-electron chi connectivity index (χ1n) is 7.47. The molecule has 2 unspecified atom stereocenters. The third-order valence-electron chi connectivity index (χ3n) is 4.08. The Balaban J connectivity index is 1.94. The van der Waals surface area contributed by atoms with Gasteiger partial charge in [-0.2, -0.15) is 0 Å². The predicted octanol–water partition coefficient (Wildman–Crippen LogP) is 3.95. The van der Waals surface area contributed by atoms with E-state index in [0.717, 1.165) is 13.1 Å². The smallest absolute Gasteiger partial charge is 0.0667 e. The molecule has 0 aliphatic carbocycles. The third kappa shape index (κ3) is 3.25. The molecular formula is C18H22N2S. The highest BCUT2D eigenvalue weighted by Crippen LogP contribution is 2.31. The first-order chi connectivity index (χ1) is 10.3. The largest absolute Gasteiger partial charge is 0.362 e. The molecule has 0 spiro atoms. The quantitative estimate of drug-likeness (QED) is 0.864. The number of nitrogens with zero attached hydrogens (tertiary/aromatic N) is 1. The van der Waals surface area contributed by atoms with Crippen LogP contribution in [-0.2, 0) is 0 Å². The zero-order valence-corrected chi connectivity index (χ0v) is 13.4. The van der Waals surface area contributed by atoms with Crippen LogP contribution in [0.2, 0.25) is 0 Å². The van der Waals surface area contributed by atoms with Crippen molar-refractivity contribution >= 4 is 17.4 Å². The van der Waals surface area contributed by atoms with E-state index >= 15 is 0 Å². The van der Waals surface area contributed by atoms with Crippen LogP contribution in [-0.4, -0.2) is 25.4 Å². The summed E-state index contributed by atoms with van der Waals surface area (Å²) >= 11 is 1.80. The highest BCUT2D eigenvalue weighted by Gasteiger charge is 2.27. The Hall–Kier alpha value is -1.45. The maximum absolute atomic E-state index is 3.61. The maximum atomic E-state index is 3.61. The number of piperazine rings is 1. The number of rotatable bonds is 3. The number of hydrogen-bond donors (Lipinski definition) is 1. The van der Waals surface area contributed by atoms with Crippen LogP contribution in [0.25, 0.3) is 0 Å². The van der Waals surface area contributed by atoms with E-state index in [2.05, 4.69) is 78.0 Å². The average molecular weight is 298 g/mol. The fraction of sp³-hybridized carbons (Fsp3) is 0.333. The molecule has 1 fully saturated rings. The molecule has 2 aromatic carbocycles. The second kappa shape index (κ2) is 6.54. The van der Waals surface area contributed by atoms with Gasteiger partial charge in [-0.3, -0.25) is 0 Å². The fourth-order valence-electron chi connectivity index (χ4n) is 2.96. The summed E-state index contributed by atoms with van der Waals surface area (Å²) in [5.74, 6) is 0. The second-order valence-electron chi connectivity index (χ2n) is 5.59. The van der Waals surface area contributed by atoms with Gasteiger partial charge >= 0.3 is 0 Å². The van der Waals surface area contributed by atoms with E-state index in [1.165, 1.54) is 16.1 Å². The van der Waals surface area contributed by atoms with Gasteiger partial charge in [-0.05, 0) is 36.9 Å². The zero-order chi connectivity index (χ0) is 14.7. The van der Waals surface area contributed by atoms with Crippen molar-refractivity contribution in [2.24, 2.45) is 0 Å². The van der Waals surface area contributed by atoms with Crippen LogP contribution in [0, 0.1) is 0 Å². The van der Waals surface area contributed by atoms with Crippen molar-refractivity contribution in [1.29, 1.82) is 0 Å². The molecule has 110 valence electrons. The summed E-state index contributed by atoms with van der Waals surface area (Å²) in [6.07, 6.45) is 2.13. The number of nitrogens with one attached hydrogen (secondary N) is 1. The van der Waals surface area contributed by atoms with Crippen LogP contribution >= 0.6 is 11.8 Å². The Morgan fingerprint density at radius 3 is 2.67 bits per heavy atom. The molecule has 0 radical (unpaired) electrons. The van der Waals surface area contributed by atoms with E-state index in [1.807, 2.05) is 0 Å². The van der Waals surface area contributed by atoms with Crippen LogP contribution in [0.1, 0.15) is 18.5 Å². The van der Waals surface area contributed by atoms with Crippen LogP contribution in [0.15, 0.2) is 59.5 Å². The summed E-state index contributed by atoms with van der Waals surface area (Å²) < 4.78 is 0.